The standard InChI is InChI=1S/C52H34N2S/c1-3-12-35(13-4-1)36-22-26-39(27-23-36)53(41-30-33-50-48(34-41)44-16-7-9-20-49(44)54(50)38-14-5-2-6-15-38)40-28-24-37(25-29-40)42-18-11-19-46-43(42)31-32-47-45-17-8-10-21-51(45)55-52(46)47/h1-34H. The van der Waals surface area contributed by atoms with E-state index in [1.807, 2.05) is 11.3 Å². The fraction of sp³-hybridized carbons (Fsp3) is 0. The molecule has 9 aromatic carbocycles. The smallest absolute Gasteiger partial charge is 0.0542 e. The zero-order valence-electron chi connectivity index (χ0n) is 29.9. The van der Waals surface area contributed by atoms with Crippen molar-refractivity contribution in [1.29, 1.82) is 0 Å². The molecular weight excluding hydrogens is 685 g/mol. The quantitative estimate of drug-likeness (QED) is 0.166. The second-order valence-corrected chi connectivity index (χ2v) is 15.2. The molecule has 0 unspecified atom stereocenters. The lowest BCUT2D eigenvalue weighted by atomic mass is 9.96. The van der Waals surface area contributed by atoms with Gasteiger partial charge in [0.15, 0.2) is 0 Å². The molecular formula is C52H34N2S. The van der Waals surface area contributed by atoms with E-state index in [4.69, 9.17) is 0 Å². The van der Waals surface area contributed by atoms with E-state index in [1.54, 1.807) is 0 Å². The van der Waals surface area contributed by atoms with Gasteiger partial charge in [-0.1, -0.05) is 140 Å². The van der Waals surface area contributed by atoms with E-state index in [2.05, 4.69) is 216 Å². The highest BCUT2D eigenvalue weighted by Gasteiger charge is 2.18. The number of para-hydroxylation sites is 2. The van der Waals surface area contributed by atoms with Crippen molar-refractivity contribution in [2.45, 2.75) is 0 Å². The highest BCUT2D eigenvalue weighted by molar-refractivity contribution is 7.26. The van der Waals surface area contributed by atoms with Crippen molar-refractivity contribution in [1.82, 2.24) is 4.57 Å². The van der Waals surface area contributed by atoms with Crippen LogP contribution < -0.4 is 4.90 Å². The molecule has 0 aliphatic rings. The fourth-order valence-corrected chi connectivity index (χ4v) is 9.65. The van der Waals surface area contributed by atoms with Crippen LogP contribution in [0.4, 0.5) is 17.1 Å². The molecule has 2 heterocycles. The van der Waals surface area contributed by atoms with Crippen molar-refractivity contribution in [3.05, 3.63) is 206 Å². The topological polar surface area (TPSA) is 8.17 Å². The summed E-state index contributed by atoms with van der Waals surface area (Å²) in [7, 11) is 0. The molecule has 0 amide bonds. The summed E-state index contributed by atoms with van der Waals surface area (Å²) >= 11 is 1.89. The number of hydrogen-bond acceptors (Lipinski definition) is 2. The molecule has 0 bridgehead atoms. The van der Waals surface area contributed by atoms with Gasteiger partial charge in [-0.25, -0.2) is 0 Å². The van der Waals surface area contributed by atoms with Crippen LogP contribution in [-0.4, -0.2) is 4.57 Å². The Bertz CT molecular complexity index is 3180. The van der Waals surface area contributed by atoms with Gasteiger partial charge in [0.05, 0.1) is 11.0 Å². The van der Waals surface area contributed by atoms with Gasteiger partial charge in [-0.2, -0.15) is 0 Å². The molecule has 0 spiro atoms. The highest BCUT2D eigenvalue weighted by Crippen LogP contribution is 2.43. The predicted molar refractivity (Wildman–Crippen MR) is 237 cm³/mol. The van der Waals surface area contributed by atoms with Crippen LogP contribution in [0, 0.1) is 0 Å². The molecule has 0 N–H and O–H groups in total. The Balaban J connectivity index is 1.05. The van der Waals surface area contributed by atoms with Crippen LogP contribution >= 0.6 is 11.3 Å². The first-order chi connectivity index (χ1) is 27.3. The summed E-state index contributed by atoms with van der Waals surface area (Å²) < 4.78 is 5.06. The first kappa shape index (κ1) is 31.6. The van der Waals surface area contributed by atoms with Crippen LogP contribution in [0.1, 0.15) is 0 Å². The SMILES string of the molecule is c1ccc(-c2ccc(N(c3ccc(-c4cccc5c4ccc4c6ccccc6sc54)cc3)c3ccc4c(c3)c3ccccc3n4-c3ccccc3)cc2)cc1. The maximum atomic E-state index is 2.39. The number of fused-ring (bicyclic) bond motifs is 8. The van der Waals surface area contributed by atoms with E-state index in [0.717, 1.165) is 22.7 Å². The predicted octanol–water partition coefficient (Wildman–Crippen LogP) is 15.1. The number of aromatic nitrogens is 1. The fourth-order valence-electron chi connectivity index (χ4n) is 8.42. The molecule has 0 saturated carbocycles. The molecule has 0 fully saturated rings. The van der Waals surface area contributed by atoms with Crippen LogP contribution in [0.5, 0.6) is 0 Å². The third-order valence-corrected chi connectivity index (χ3v) is 12.2. The first-order valence-corrected chi connectivity index (χ1v) is 19.6. The van der Waals surface area contributed by atoms with Gasteiger partial charge in [-0.15, -0.1) is 11.3 Å². The zero-order valence-corrected chi connectivity index (χ0v) is 30.7. The van der Waals surface area contributed by atoms with Crippen LogP contribution in [0.15, 0.2) is 206 Å². The van der Waals surface area contributed by atoms with Crippen molar-refractivity contribution < 1.29 is 0 Å². The Morgan fingerprint density at radius 2 is 0.909 bits per heavy atom. The van der Waals surface area contributed by atoms with E-state index < -0.39 is 0 Å². The Morgan fingerprint density at radius 3 is 1.69 bits per heavy atom. The van der Waals surface area contributed by atoms with E-state index in [1.165, 1.54) is 75.0 Å². The van der Waals surface area contributed by atoms with Crippen LogP contribution in [0.3, 0.4) is 0 Å². The molecule has 0 aliphatic carbocycles. The summed E-state index contributed by atoms with van der Waals surface area (Å²) in [5, 5.41) is 7.72. The van der Waals surface area contributed by atoms with Gasteiger partial charge in [0.1, 0.15) is 0 Å². The molecule has 3 heteroatoms. The van der Waals surface area contributed by atoms with E-state index in [0.29, 0.717) is 0 Å². The monoisotopic (exact) mass is 718 g/mol. The summed E-state index contributed by atoms with van der Waals surface area (Å²) in [6.45, 7) is 0. The molecule has 55 heavy (non-hydrogen) atoms. The van der Waals surface area contributed by atoms with Crippen LogP contribution in [-0.2, 0) is 0 Å². The van der Waals surface area contributed by atoms with E-state index in [9.17, 15) is 0 Å². The lowest BCUT2D eigenvalue weighted by Crippen LogP contribution is -2.10. The maximum absolute atomic E-state index is 2.39. The van der Waals surface area contributed by atoms with Gasteiger partial charge in [0.25, 0.3) is 0 Å². The summed E-state index contributed by atoms with van der Waals surface area (Å²) in [6, 6.07) is 75.0. The molecule has 11 aromatic rings. The molecule has 2 aromatic heterocycles. The highest BCUT2D eigenvalue weighted by atomic mass is 32.1. The Labute approximate surface area is 323 Å². The minimum absolute atomic E-state index is 1.11. The number of benzene rings is 9. The number of anilines is 3. The molecule has 258 valence electrons. The second-order valence-electron chi connectivity index (χ2n) is 14.1. The Kier molecular flexibility index (Phi) is 7.39. The van der Waals surface area contributed by atoms with Crippen LogP contribution in [0.2, 0.25) is 0 Å². The lowest BCUT2D eigenvalue weighted by molar-refractivity contribution is 1.18. The third-order valence-electron chi connectivity index (χ3n) is 11.0. The van der Waals surface area contributed by atoms with Crippen molar-refractivity contribution in [3.8, 4) is 27.9 Å². The molecule has 0 aliphatic heterocycles. The largest absolute Gasteiger partial charge is 0.310 e. The van der Waals surface area contributed by atoms with Crippen molar-refractivity contribution in [2.24, 2.45) is 0 Å². The zero-order chi connectivity index (χ0) is 36.3. The number of nitrogens with zero attached hydrogens (tertiary/aromatic N) is 2. The molecule has 0 radical (unpaired) electrons. The van der Waals surface area contributed by atoms with Crippen molar-refractivity contribution in [3.63, 3.8) is 0 Å². The second kappa shape index (κ2) is 12.9. The van der Waals surface area contributed by atoms with Gasteiger partial charge in [0.2, 0.25) is 0 Å². The molecule has 2 nitrogen and oxygen atoms in total. The molecule has 0 atom stereocenters. The summed E-state index contributed by atoms with van der Waals surface area (Å²) in [4.78, 5) is 2.39. The average Bonchev–Trinajstić information content (AvgIpc) is 3.81. The molecule has 0 saturated heterocycles. The van der Waals surface area contributed by atoms with Gasteiger partial charge in [-0.3, -0.25) is 0 Å². The minimum Gasteiger partial charge on any atom is -0.310 e. The third kappa shape index (κ3) is 5.24. The average molecular weight is 719 g/mol. The minimum atomic E-state index is 1.11. The van der Waals surface area contributed by atoms with E-state index in [-0.39, 0.29) is 0 Å². The number of rotatable bonds is 6. The van der Waals surface area contributed by atoms with Gasteiger partial charge in [-0.05, 0) is 94.4 Å². The van der Waals surface area contributed by atoms with Crippen LogP contribution in [0.25, 0.3) is 80.7 Å². The van der Waals surface area contributed by atoms with Crippen molar-refractivity contribution >= 4 is 81.1 Å². The van der Waals surface area contributed by atoms with Gasteiger partial charge < -0.3 is 9.47 Å². The van der Waals surface area contributed by atoms with Gasteiger partial charge >= 0.3 is 0 Å². The maximum Gasteiger partial charge on any atom is 0.0542 e. The normalized spacial score (nSPS) is 11.6. The Hall–Kier alpha value is -6.94. The van der Waals surface area contributed by atoms with E-state index >= 15 is 0 Å². The van der Waals surface area contributed by atoms with Crippen molar-refractivity contribution in [2.75, 3.05) is 4.90 Å². The molecule has 11 rings (SSSR count). The lowest BCUT2D eigenvalue weighted by Gasteiger charge is -2.26. The Morgan fingerprint density at radius 1 is 0.345 bits per heavy atom. The summed E-state index contributed by atoms with van der Waals surface area (Å²) in [5.41, 5.74) is 11.7. The number of hydrogen-bond donors (Lipinski definition) is 0. The summed E-state index contributed by atoms with van der Waals surface area (Å²) in [5.74, 6) is 0. The van der Waals surface area contributed by atoms with Gasteiger partial charge in [0, 0.05) is 59.1 Å². The first-order valence-electron chi connectivity index (χ1n) is 18.8. The summed E-state index contributed by atoms with van der Waals surface area (Å²) in [6.07, 6.45) is 0. The number of thiophene rings is 1.